The summed E-state index contributed by atoms with van der Waals surface area (Å²) in [7, 11) is -17.8. The van der Waals surface area contributed by atoms with Crippen LogP contribution in [0.3, 0.4) is 0 Å². The van der Waals surface area contributed by atoms with E-state index in [4.69, 9.17) is 21.1 Å². The Hall–Kier alpha value is -1.52. The first-order valence-electron chi connectivity index (χ1n) is 7.50. The van der Waals surface area contributed by atoms with Gasteiger partial charge in [0.15, 0.2) is 17.7 Å². The molecule has 3 heterocycles. The summed E-state index contributed by atoms with van der Waals surface area (Å²) in [5.41, 5.74) is 11.3. The van der Waals surface area contributed by atoms with Crippen LogP contribution < -0.4 is 26.1 Å². The van der Waals surface area contributed by atoms with Gasteiger partial charge in [0, 0.05) is 0 Å². The molecule has 1 aliphatic rings. The number of aromatic nitrogens is 4. The molecule has 6 N–H and O–H groups in total. The Morgan fingerprint density at radius 3 is 2.47 bits per heavy atom. The Labute approximate surface area is 165 Å². The lowest BCUT2D eigenvalue weighted by Gasteiger charge is -2.34. The van der Waals surface area contributed by atoms with Crippen molar-refractivity contribution in [2.24, 2.45) is 0 Å². The number of aliphatic hydroxyl groups excluding tert-OH is 1. The van der Waals surface area contributed by atoms with Crippen molar-refractivity contribution >= 4 is 46.4 Å². The largest absolute Gasteiger partial charge is 0.756 e. The van der Waals surface area contributed by atoms with E-state index in [1.54, 1.807) is 0 Å². The van der Waals surface area contributed by atoms with Crippen LogP contribution in [0.2, 0.25) is 0 Å². The summed E-state index contributed by atoms with van der Waals surface area (Å²) in [6.07, 6.45) is -3.60. The highest BCUT2D eigenvalue weighted by molar-refractivity contribution is 7.65. The third-order valence-corrected chi connectivity index (χ3v) is 7.27. The Bertz CT molecular complexity index is 1100. The number of aliphatic hydroxyl groups is 1. The van der Waals surface area contributed by atoms with Gasteiger partial charge in [-0.1, -0.05) is 0 Å². The second kappa shape index (κ2) is 7.87. The molecule has 6 atom stereocenters. The van der Waals surface area contributed by atoms with E-state index in [0.29, 0.717) is 0 Å². The third kappa shape index (κ3) is 5.20. The Balaban J connectivity index is 1.76. The van der Waals surface area contributed by atoms with Gasteiger partial charge in [-0.05, 0) is 0 Å². The number of nitrogens with two attached hydrogens (primary N) is 2. The summed E-state index contributed by atoms with van der Waals surface area (Å²) in [5, 5.41) is 10.3. The minimum absolute atomic E-state index is 0.0397. The van der Waals surface area contributed by atoms with Gasteiger partial charge < -0.3 is 45.4 Å². The van der Waals surface area contributed by atoms with Gasteiger partial charge in [0.2, 0.25) is 5.95 Å². The van der Waals surface area contributed by atoms with Crippen LogP contribution in [-0.4, -0.2) is 48.3 Å². The minimum Gasteiger partial charge on any atom is -0.756 e. The average molecular weight is 489 g/mol. The first-order chi connectivity index (χ1) is 13.7. The molecule has 0 aromatic carbocycles. The van der Waals surface area contributed by atoms with Crippen molar-refractivity contribution in [1.29, 1.82) is 0 Å². The molecular formula is C9H12N6O12P3-3. The van der Waals surface area contributed by atoms with Gasteiger partial charge in [-0.15, -0.1) is 0 Å². The molecule has 30 heavy (non-hydrogen) atoms. The quantitative estimate of drug-likeness (QED) is 0.277. The molecule has 5 unspecified atom stereocenters. The SMILES string of the molecule is Nc1nc(N)c2ncn([C@@H]3OCC(OP(=O)([O-])OP(=O)([O-])OP(=O)([O-])O)C3O)c2n1. The second-order valence-corrected chi connectivity index (χ2v) is 9.92. The average Bonchev–Trinajstić information content (AvgIpc) is 3.07. The standard InChI is InChI=1S/C9H15N6O12P3/c10-6-4-7(14-9(11)13-6)15(2-12-4)8-5(16)3(1-24-8)25-29(20,21)27-30(22,23)26-28(17,18)19/h2-3,5,8,16H,1H2,(H,20,21)(H,22,23)(H2,17,18,19)(H4,10,11,13,14)/p-3/t3?,5?,8-/m1/s1. The predicted octanol–water partition coefficient (Wildman–Crippen LogP) is -3.30. The molecule has 0 bridgehead atoms. The van der Waals surface area contributed by atoms with E-state index in [1.807, 2.05) is 0 Å². The van der Waals surface area contributed by atoms with Crippen LogP contribution in [0.4, 0.5) is 11.8 Å². The van der Waals surface area contributed by atoms with Crippen molar-refractivity contribution in [1.82, 2.24) is 19.5 Å². The van der Waals surface area contributed by atoms with Crippen molar-refractivity contribution < 1.29 is 56.3 Å². The molecular weight excluding hydrogens is 477 g/mol. The lowest BCUT2D eigenvalue weighted by Crippen LogP contribution is -2.31. The monoisotopic (exact) mass is 489 g/mol. The number of ether oxygens (including phenoxy) is 1. The van der Waals surface area contributed by atoms with Crippen molar-refractivity contribution in [3.63, 3.8) is 0 Å². The van der Waals surface area contributed by atoms with Crippen molar-refractivity contribution in [2.75, 3.05) is 18.1 Å². The molecule has 3 rings (SSSR count). The van der Waals surface area contributed by atoms with Crippen LogP contribution in [0.15, 0.2) is 6.33 Å². The number of phosphoric acid groups is 3. The van der Waals surface area contributed by atoms with Crippen molar-refractivity contribution in [3.8, 4) is 0 Å². The van der Waals surface area contributed by atoms with Crippen LogP contribution in [0.5, 0.6) is 0 Å². The summed E-state index contributed by atoms with van der Waals surface area (Å²) >= 11 is 0. The molecule has 21 heteroatoms. The molecule has 2 aromatic rings. The van der Waals surface area contributed by atoms with E-state index in [1.165, 1.54) is 0 Å². The highest BCUT2D eigenvalue weighted by atomic mass is 31.3. The number of hydrogen-bond donors (Lipinski definition) is 4. The number of nitrogens with zero attached hydrogens (tertiary/aromatic N) is 4. The van der Waals surface area contributed by atoms with Gasteiger partial charge in [0.05, 0.1) is 12.9 Å². The van der Waals surface area contributed by atoms with E-state index >= 15 is 0 Å². The van der Waals surface area contributed by atoms with E-state index in [9.17, 15) is 33.5 Å². The summed E-state index contributed by atoms with van der Waals surface area (Å²) in [4.78, 5) is 53.3. The number of rotatable bonds is 7. The highest BCUT2D eigenvalue weighted by Crippen LogP contribution is 2.62. The molecule has 18 nitrogen and oxygen atoms in total. The fraction of sp³-hybridized carbons (Fsp3) is 0.444. The summed E-state index contributed by atoms with van der Waals surface area (Å²) < 4.78 is 50.9. The molecule has 0 amide bonds. The Morgan fingerprint density at radius 1 is 1.17 bits per heavy atom. The van der Waals surface area contributed by atoms with Gasteiger partial charge in [0.25, 0.3) is 23.5 Å². The molecule has 168 valence electrons. The topological polar surface area (TPSA) is 293 Å². The van der Waals surface area contributed by atoms with Crippen LogP contribution in [0, 0.1) is 0 Å². The molecule has 0 saturated carbocycles. The van der Waals surface area contributed by atoms with E-state index in [-0.39, 0.29) is 22.9 Å². The molecule has 1 saturated heterocycles. The number of phosphoric ester groups is 1. The molecule has 1 fully saturated rings. The highest BCUT2D eigenvalue weighted by Gasteiger charge is 2.41. The number of fused-ring (bicyclic) bond motifs is 1. The van der Waals surface area contributed by atoms with Crippen LogP contribution in [0.25, 0.3) is 11.2 Å². The molecule has 2 aromatic heterocycles. The zero-order valence-electron chi connectivity index (χ0n) is 14.3. The number of anilines is 2. The zero-order valence-corrected chi connectivity index (χ0v) is 17.0. The number of hydrogen-bond acceptors (Lipinski definition) is 16. The lowest BCUT2D eigenvalue weighted by molar-refractivity contribution is -0.251. The van der Waals surface area contributed by atoms with Gasteiger partial charge in [-0.2, -0.15) is 9.97 Å². The minimum atomic E-state index is -6.08. The zero-order chi connectivity index (χ0) is 22.5. The van der Waals surface area contributed by atoms with Crippen LogP contribution >= 0.6 is 23.5 Å². The predicted molar refractivity (Wildman–Crippen MR) is 87.2 cm³/mol. The summed E-state index contributed by atoms with van der Waals surface area (Å²) in [6, 6.07) is 0. The normalized spacial score (nSPS) is 28.1. The number of nitrogen functional groups attached to an aromatic ring is 2. The first kappa shape index (κ1) is 23.1. The maximum absolute atomic E-state index is 11.7. The van der Waals surface area contributed by atoms with Crippen molar-refractivity contribution in [3.05, 3.63) is 6.33 Å². The smallest absolute Gasteiger partial charge is 0.280 e. The van der Waals surface area contributed by atoms with E-state index in [2.05, 4.69) is 28.1 Å². The molecule has 0 aliphatic carbocycles. The second-order valence-electron chi connectivity index (χ2n) is 5.68. The van der Waals surface area contributed by atoms with Crippen LogP contribution in [0.1, 0.15) is 6.23 Å². The number of imidazole rings is 1. The maximum atomic E-state index is 11.7. The third-order valence-electron chi connectivity index (χ3n) is 3.51. The van der Waals surface area contributed by atoms with Crippen molar-refractivity contribution in [2.45, 2.75) is 18.4 Å². The first-order valence-corrected chi connectivity index (χ1v) is 11.9. The summed E-state index contributed by atoms with van der Waals surface area (Å²) in [5.74, 6) is -0.287. The van der Waals surface area contributed by atoms with E-state index in [0.717, 1.165) is 10.9 Å². The lowest BCUT2D eigenvalue weighted by atomic mass is 10.2. The van der Waals surface area contributed by atoms with Gasteiger partial charge in [-0.25, -0.2) is 13.6 Å². The molecule has 0 radical (unpaired) electrons. The van der Waals surface area contributed by atoms with E-state index < -0.39 is 48.5 Å². The van der Waals surface area contributed by atoms with Gasteiger partial charge >= 0.3 is 0 Å². The Morgan fingerprint density at radius 2 is 1.83 bits per heavy atom. The fourth-order valence-corrected chi connectivity index (χ4v) is 5.55. The maximum Gasteiger partial charge on any atom is 0.280 e. The molecule has 1 aliphatic heterocycles. The fourth-order valence-electron chi connectivity index (χ4n) is 2.50. The van der Waals surface area contributed by atoms with Crippen LogP contribution in [-0.2, 0) is 31.6 Å². The summed E-state index contributed by atoms with van der Waals surface area (Å²) in [6.45, 7) is -0.582. The Kier molecular flexibility index (Phi) is 6.07. The molecule has 0 spiro atoms. The van der Waals surface area contributed by atoms with Gasteiger partial charge in [0.1, 0.15) is 17.7 Å². The van der Waals surface area contributed by atoms with Gasteiger partial charge in [-0.3, -0.25) is 18.3 Å².